The highest BCUT2D eigenvalue weighted by Gasteiger charge is 2.11. The summed E-state index contributed by atoms with van der Waals surface area (Å²) in [5.74, 6) is 0.200. The van der Waals surface area contributed by atoms with Crippen LogP contribution >= 0.6 is 11.3 Å². The lowest BCUT2D eigenvalue weighted by Gasteiger charge is -2.14. The van der Waals surface area contributed by atoms with Gasteiger partial charge in [-0.2, -0.15) is 0 Å². The van der Waals surface area contributed by atoms with E-state index in [4.69, 9.17) is 0 Å². The highest BCUT2D eigenvalue weighted by Crippen LogP contribution is 2.27. The predicted octanol–water partition coefficient (Wildman–Crippen LogP) is 3.32. The Balaban J connectivity index is 1.82. The minimum Gasteiger partial charge on any atom is -0.393 e. The average molecular weight is 347 g/mol. The van der Waals surface area contributed by atoms with E-state index in [9.17, 15) is 9.90 Å². The van der Waals surface area contributed by atoms with E-state index < -0.39 is 0 Å². The number of benzene rings is 1. The van der Waals surface area contributed by atoms with Crippen LogP contribution in [0.4, 0.5) is 4.79 Å². The first-order valence-electron chi connectivity index (χ1n) is 8.19. The fraction of sp³-hybridized carbons (Fsp3) is 0.444. The summed E-state index contributed by atoms with van der Waals surface area (Å²) in [5, 5.41) is 16.3. The third kappa shape index (κ3) is 5.32. The lowest BCUT2D eigenvalue weighted by atomic mass is 10.0. The summed E-state index contributed by atoms with van der Waals surface area (Å²) >= 11 is 1.59. The van der Waals surface area contributed by atoms with Gasteiger partial charge in [0.1, 0.15) is 5.01 Å². The van der Waals surface area contributed by atoms with E-state index in [0.717, 1.165) is 21.1 Å². The van der Waals surface area contributed by atoms with E-state index in [2.05, 4.69) is 15.6 Å². The molecule has 0 fully saturated rings. The van der Waals surface area contributed by atoms with Gasteiger partial charge in [-0.15, -0.1) is 11.3 Å². The fourth-order valence-electron chi connectivity index (χ4n) is 2.19. The highest BCUT2D eigenvalue weighted by molar-refractivity contribution is 7.15. The zero-order valence-electron chi connectivity index (χ0n) is 14.4. The van der Waals surface area contributed by atoms with Gasteiger partial charge in [0.05, 0.1) is 18.3 Å². The normalized spacial score (nSPS) is 12.2. The minimum atomic E-state index is -0.387. The number of hydrogen-bond acceptors (Lipinski definition) is 4. The lowest BCUT2D eigenvalue weighted by molar-refractivity contribution is 0.116. The molecule has 1 atom stereocenters. The molecule has 2 amide bonds. The van der Waals surface area contributed by atoms with Crippen LogP contribution < -0.4 is 10.6 Å². The van der Waals surface area contributed by atoms with Gasteiger partial charge in [-0.1, -0.05) is 44.2 Å². The Bertz CT molecular complexity index is 656. The van der Waals surface area contributed by atoms with E-state index in [0.29, 0.717) is 19.5 Å². The molecular weight excluding hydrogens is 322 g/mol. The van der Waals surface area contributed by atoms with Crippen molar-refractivity contribution in [3.8, 4) is 10.6 Å². The van der Waals surface area contributed by atoms with E-state index in [1.807, 2.05) is 51.1 Å². The molecule has 0 spiro atoms. The number of hydrogen-bond donors (Lipinski definition) is 3. The third-order valence-corrected chi connectivity index (χ3v) is 5.02. The maximum Gasteiger partial charge on any atom is 0.315 e. The molecule has 130 valence electrons. The van der Waals surface area contributed by atoms with Crippen molar-refractivity contribution in [1.29, 1.82) is 0 Å². The Kier molecular flexibility index (Phi) is 6.75. The topological polar surface area (TPSA) is 74.2 Å². The monoisotopic (exact) mass is 347 g/mol. The summed E-state index contributed by atoms with van der Waals surface area (Å²) in [7, 11) is 0. The first-order valence-corrected chi connectivity index (χ1v) is 9.00. The molecule has 0 aliphatic carbocycles. The second-order valence-corrected chi connectivity index (χ2v) is 7.19. The molecule has 0 aliphatic rings. The van der Waals surface area contributed by atoms with Crippen LogP contribution in [0.15, 0.2) is 30.3 Å². The molecule has 6 heteroatoms. The van der Waals surface area contributed by atoms with Gasteiger partial charge >= 0.3 is 6.03 Å². The molecule has 24 heavy (non-hydrogen) atoms. The molecule has 2 aromatic rings. The maximum absolute atomic E-state index is 11.8. The second kappa shape index (κ2) is 8.80. The number of urea groups is 1. The third-order valence-electron chi connectivity index (χ3n) is 3.82. The zero-order valence-corrected chi connectivity index (χ0v) is 15.2. The zero-order chi connectivity index (χ0) is 17.5. The molecular formula is C18H25N3O2S. The van der Waals surface area contributed by atoms with Crippen LogP contribution in [-0.2, 0) is 6.54 Å². The van der Waals surface area contributed by atoms with Gasteiger partial charge < -0.3 is 15.7 Å². The van der Waals surface area contributed by atoms with Crippen molar-refractivity contribution in [1.82, 2.24) is 15.6 Å². The molecule has 1 unspecified atom stereocenters. The first-order chi connectivity index (χ1) is 11.5. The van der Waals surface area contributed by atoms with Gasteiger partial charge in [0.25, 0.3) is 0 Å². The molecule has 1 heterocycles. The number of aliphatic hydroxyl groups is 1. The van der Waals surface area contributed by atoms with Crippen LogP contribution in [-0.4, -0.2) is 28.8 Å². The number of aryl methyl sites for hydroxylation is 1. The van der Waals surface area contributed by atoms with E-state index >= 15 is 0 Å². The summed E-state index contributed by atoms with van der Waals surface area (Å²) < 4.78 is 0. The number of rotatable bonds is 7. The number of aliphatic hydroxyl groups excluding tert-OH is 1. The summed E-state index contributed by atoms with van der Waals surface area (Å²) in [6.45, 7) is 6.79. The molecule has 0 saturated heterocycles. The van der Waals surface area contributed by atoms with Crippen LogP contribution in [0.3, 0.4) is 0 Å². The van der Waals surface area contributed by atoms with Crippen LogP contribution in [0.5, 0.6) is 0 Å². The largest absolute Gasteiger partial charge is 0.393 e. The van der Waals surface area contributed by atoms with Crippen molar-refractivity contribution in [3.05, 3.63) is 40.9 Å². The van der Waals surface area contributed by atoms with Crippen LogP contribution in [0.1, 0.15) is 30.8 Å². The quantitative estimate of drug-likeness (QED) is 0.719. The van der Waals surface area contributed by atoms with Crippen LogP contribution in [0.25, 0.3) is 10.6 Å². The van der Waals surface area contributed by atoms with Crippen molar-refractivity contribution in [3.63, 3.8) is 0 Å². The van der Waals surface area contributed by atoms with Gasteiger partial charge in [0.2, 0.25) is 0 Å². The second-order valence-electron chi connectivity index (χ2n) is 6.10. The fourth-order valence-corrected chi connectivity index (χ4v) is 3.19. The molecule has 1 aromatic carbocycles. The van der Waals surface area contributed by atoms with Crippen LogP contribution in [0.2, 0.25) is 0 Å². The smallest absolute Gasteiger partial charge is 0.315 e. The highest BCUT2D eigenvalue weighted by atomic mass is 32.1. The Morgan fingerprint density at radius 1 is 1.25 bits per heavy atom. The number of carbonyl (C=O) groups is 1. The number of carbonyl (C=O) groups excluding carboxylic acids is 1. The Labute approximate surface area is 147 Å². The Morgan fingerprint density at radius 2 is 1.96 bits per heavy atom. The van der Waals surface area contributed by atoms with Gasteiger partial charge in [-0.3, -0.25) is 0 Å². The van der Waals surface area contributed by atoms with E-state index in [-0.39, 0.29) is 18.1 Å². The SMILES string of the molecule is Cc1nc(-c2ccccc2)sc1CNC(=O)NCCC(O)C(C)C. The van der Waals surface area contributed by atoms with Gasteiger partial charge in [0, 0.05) is 17.0 Å². The van der Waals surface area contributed by atoms with Gasteiger partial charge in [-0.05, 0) is 19.3 Å². The molecule has 0 aliphatic heterocycles. The standard InChI is InChI=1S/C18H25N3O2S/c1-12(2)15(22)9-10-19-18(23)20-11-16-13(3)21-17(24-16)14-7-5-4-6-8-14/h4-8,12,15,22H,9-11H2,1-3H3,(H2,19,20,23). The lowest BCUT2D eigenvalue weighted by Crippen LogP contribution is -2.37. The summed E-state index contributed by atoms with van der Waals surface area (Å²) in [4.78, 5) is 17.5. The molecule has 0 bridgehead atoms. The van der Waals surface area contributed by atoms with Gasteiger partial charge in [-0.25, -0.2) is 9.78 Å². The number of amides is 2. The number of nitrogens with zero attached hydrogens (tertiary/aromatic N) is 1. The number of thiazole rings is 1. The molecule has 5 nitrogen and oxygen atoms in total. The molecule has 2 rings (SSSR count). The summed E-state index contributed by atoms with van der Waals surface area (Å²) in [6, 6.07) is 9.80. The average Bonchev–Trinajstić information content (AvgIpc) is 2.94. The van der Waals surface area contributed by atoms with Crippen molar-refractivity contribution < 1.29 is 9.90 Å². The van der Waals surface area contributed by atoms with Crippen LogP contribution in [0, 0.1) is 12.8 Å². The van der Waals surface area contributed by atoms with Crippen molar-refractivity contribution in [2.45, 2.75) is 39.8 Å². The Morgan fingerprint density at radius 3 is 2.62 bits per heavy atom. The number of aromatic nitrogens is 1. The molecule has 0 saturated carbocycles. The number of nitrogens with one attached hydrogen (secondary N) is 2. The van der Waals surface area contributed by atoms with Gasteiger partial charge in [0.15, 0.2) is 0 Å². The summed E-state index contributed by atoms with van der Waals surface area (Å²) in [6.07, 6.45) is 0.172. The molecule has 1 aromatic heterocycles. The van der Waals surface area contributed by atoms with Crippen molar-refractivity contribution >= 4 is 17.4 Å². The van der Waals surface area contributed by atoms with E-state index in [1.165, 1.54) is 0 Å². The van der Waals surface area contributed by atoms with Crippen molar-refractivity contribution in [2.75, 3.05) is 6.54 Å². The first kappa shape index (κ1) is 18.4. The maximum atomic E-state index is 11.8. The minimum absolute atomic E-state index is 0.200. The van der Waals surface area contributed by atoms with E-state index in [1.54, 1.807) is 11.3 Å². The predicted molar refractivity (Wildman–Crippen MR) is 98.0 cm³/mol. The molecule has 3 N–H and O–H groups in total. The molecule has 0 radical (unpaired) electrons. The Hall–Kier alpha value is -1.92. The summed E-state index contributed by atoms with van der Waals surface area (Å²) in [5.41, 5.74) is 2.03. The van der Waals surface area contributed by atoms with Crippen molar-refractivity contribution in [2.24, 2.45) is 5.92 Å².